The number of carbonyl (C=O) groups is 3. The fraction of sp³-hybridized carbons (Fsp3) is 0.621. The Labute approximate surface area is 218 Å². The van der Waals surface area contributed by atoms with Gasteiger partial charge >= 0.3 is 6.09 Å². The molecule has 3 unspecified atom stereocenters. The minimum atomic E-state index is -0.857. The first-order valence-electron chi connectivity index (χ1n) is 13.1. The number of aryl methyl sites for hydroxylation is 1. The maximum atomic E-state index is 14.1. The Morgan fingerprint density at radius 1 is 1.14 bits per heavy atom. The first-order chi connectivity index (χ1) is 16.9. The molecule has 0 heterocycles. The van der Waals surface area contributed by atoms with Crippen LogP contribution in [0.1, 0.15) is 90.0 Å². The Balaban J connectivity index is 3.48. The zero-order chi connectivity index (χ0) is 27.5. The molecule has 3 amide bonds. The van der Waals surface area contributed by atoms with Crippen molar-refractivity contribution in [3.63, 3.8) is 0 Å². The van der Waals surface area contributed by atoms with Gasteiger partial charge in [-0.25, -0.2) is 4.79 Å². The Morgan fingerprint density at radius 3 is 2.36 bits per heavy atom. The van der Waals surface area contributed by atoms with Crippen molar-refractivity contribution in [3.8, 4) is 0 Å². The largest absolute Gasteiger partial charge is 0.444 e. The molecule has 0 saturated heterocycles. The molecule has 1 rings (SSSR count). The molecule has 0 spiro atoms. The van der Waals surface area contributed by atoms with Crippen molar-refractivity contribution in [2.45, 2.75) is 98.8 Å². The van der Waals surface area contributed by atoms with E-state index >= 15 is 0 Å². The normalized spacial score (nSPS) is 13.8. The molecule has 7 heteroatoms. The average Bonchev–Trinajstić information content (AvgIpc) is 2.80. The third-order valence-electron chi connectivity index (χ3n) is 6.34. The highest BCUT2D eigenvalue weighted by atomic mass is 16.6. The van der Waals surface area contributed by atoms with Crippen LogP contribution in [-0.4, -0.2) is 47.5 Å². The number of ether oxygens (including phenoxy) is 1. The van der Waals surface area contributed by atoms with Gasteiger partial charge in [0.2, 0.25) is 11.8 Å². The minimum absolute atomic E-state index is 0.155. The topological polar surface area (TPSA) is 87.7 Å². The van der Waals surface area contributed by atoms with Crippen LogP contribution in [0.4, 0.5) is 4.79 Å². The van der Waals surface area contributed by atoms with Gasteiger partial charge in [-0.2, -0.15) is 0 Å². The highest BCUT2D eigenvalue weighted by Gasteiger charge is 2.38. The quantitative estimate of drug-likeness (QED) is 0.272. The maximum Gasteiger partial charge on any atom is 0.408 e. The van der Waals surface area contributed by atoms with Crippen molar-refractivity contribution in [2.75, 3.05) is 13.1 Å². The molecule has 0 fully saturated rings. The van der Waals surface area contributed by atoms with Gasteiger partial charge in [0.25, 0.3) is 0 Å². The summed E-state index contributed by atoms with van der Waals surface area (Å²) in [4.78, 5) is 41.8. The van der Waals surface area contributed by atoms with Crippen LogP contribution in [0.3, 0.4) is 0 Å². The van der Waals surface area contributed by atoms with E-state index in [2.05, 4.69) is 24.1 Å². The summed E-state index contributed by atoms with van der Waals surface area (Å²) in [6, 6.07) is 4.06. The second kappa shape index (κ2) is 14.7. The van der Waals surface area contributed by atoms with Crippen LogP contribution in [0.15, 0.2) is 30.9 Å². The van der Waals surface area contributed by atoms with Crippen LogP contribution in [0.25, 0.3) is 0 Å². The second-order valence-corrected chi connectivity index (χ2v) is 10.5. The van der Waals surface area contributed by atoms with Crippen molar-refractivity contribution < 1.29 is 19.1 Å². The molecule has 0 aromatic heterocycles. The molecule has 0 radical (unpaired) electrons. The summed E-state index contributed by atoms with van der Waals surface area (Å²) in [5.74, 6) is -0.760. The van der Waals surface area contributed by atoms with Gasteiger partial charge in [-0.05, 0) is 63.6 Å². The van der Waals surface area contributed by atoms with Crippen LogP contribution >= 0.6 is 0 Å². The lowest BCUT2D eigenvalue weighted by molar-refractivity contribution is -0.142. The van der Waals surface area contributed by atoms with Gasteiger partial charge < -0.3 is 20.3 Å². The summed E-state index contributed by atoms with van der Waals surface area (Å²) < 4.78 is 5.44. The van der Waals surface area contributed by atoms with E-state index in [0.29, 0.717) is 13.0 Å². The number of hydrogen-bond donors (Lipinski definition) is 2. The van der Waals surface area contributed by atoms with Gasteiger partial charge in [-0.1, -0.05) is 64.3 Å². The summed E-state index contributed by atoms with van der Waals surface area (Å²) in [7, 11) is 0. The maximum absolute atomic E-state index is 14.1. The molecular formula is C29H47N3O4. The lowest BCUT2D eigenvalue weighted by Gasteiger charge is -2.36. The molecule has 202 valence electrons. The van der Waals surface area contributed by atoms with E-state index in [1.165, 1.54) is 4.90 Å². The van der Waals surface area contributed by atoms with Crippen molar-refractivity contribution in [1.82, 2.24) is 15.5 Å². The van der Waals surface area contributed by atoms with Crippen LogP contribution in [0, 0.1) is 19.8 Å². The second-order valence-electron chi connectivity index (χ2n) is 10.5. The number of carbonyl (C=O) groups excluding carboxylic acids is 3. The highest BCUT2D eigenvalue weighted by Crippen LogP contribution is 2.28. The number of amides is 3. The zero-order valence-corrected chi connectivity index (χ0v) is 23.6. The highest BCUT2D eigenvalue weighted by molar-refractivity contribution is 5.92. The molecule has 7 nitrogen and oxygen atoms in total. The van der Waals surface area contributed by atoms with E-state index in [4.69, 9.17) is 4.74 Å². The van der Waals surface area contributed by atoms with E-state index in [0.717, 1.165) is 36.0 Å². The number of nitrogens with zero attached hydrogens (tertiary/aromatic N) is 1. The number of alkyl carbamates (subject to hydrolysis) is 1. The van der Waals surface area contributed by atoms with Crippen molar-refractivity contribution in [3.05, 3.63) is 47.5 Å². The summed E-state index contributed by atoms with van der Waals surface area (Å²) in [5, 5.41) is 5.81. The van der Waals surface area contributed by atoms with Crippen LogP contribution in [0.2, 0.25) is 0 Å². The molecule has 0 aliphatic rings. The van der Waals surface area contributed by atoms with Gasteiger partial charge in [0, 0.05) is 13.1 Å². The molecule has 0 saturated carbocycles. The monoisotopic (exact) mass is 501 g/mol. The Hall–Kier alpha value is -2.83. The fourth-order valence-electron chi connectivity index (χ4n) is 3.96. The van der Waals surface area contributed by atoms with Gasteiger partial charge in [0.05, 0.1) is 0 Å². The summed E-state index contributed by atoms with van der Waals surface area (Å²) in [5.41, 5.74) is 2.05. The van der Waals surface area contributed by atoms with Gasteiger partial charge in [-0.3, -0.25) is 9.59 Å². The van der Waals surface area contributed by atoms with Crippen molar-refractivity contribution in [2.24, 2.45) is 5.92 Å². The third-order valence-corrected chi connectivity index (χ3v) is 6.34. The van der Waals surface area contributed by atoms with Crippen molar-refractivity contribution in [1.29, 1.82) is 0 Å². The average molecular weight is 502 g/mol. The molecule has 0 aliphatic heterocycles. The molecular weight excluding hydrogens is 454 g/mol. The SMILES string of the molecule is C=CCN(C(=O)C(NC(=O)OC(C)(C)C)C(C)CC)C(C(=O)NCCCCC)c1cccc(C)c1C. The first-order valence-corrected chi connectivity index (χ1v) is 13.1. The fourth-order valence-corrected chi connectivity index (χ4v) is 3.96. The smallest absolute Gasteiger partial charge is 0.408 e. The molecule has 1 aromatic rings. The summed E-state index contributed by atoms with van der Waals surface area (Å²) in [6.07, 6.45) is 4.54. The summed E-state index contributed by atoms with van der Waals surface area (Å²) >= 11 is 0. The molecule has 36 heavy (non-hydrogen) atoms. The first kappa shape index (κ1) is 31.2. The van der Waals surface area contributed by atoms with E-state index in [1.54, 1.807) is 26.8 Å². The molecule has 1 aromatic carbocycles. The number of rotatable bonds is 13. The summed E-state index contributed by atoms with van der Waals surface area (Å²) in [6.45, 7) is 19.8. The van der Waals surface area contributed by atoms with Crippen LogP contribution in [-0.2, 0) is 14.3 Å². The van der Waals surface area contributed by atoms with Gasteiger partial charge in [0.1, 0.15) is 17.7 Å². The molecule has 3 atom stereocenters. The molecule has 0 bridgehead atoms. The number of benzene rings is 1. The standard InChI is InChI=1S/C29H47N3O4/c1-10-13-14-18-30-26(33)25(23-17-15-16-21(5)22(23)6)32(19-11-2)27(34)24(20(4)12-3)31-28(35)36-29(7,8)9/h11,15-17,20,24-25H,2,10,12-14,18-19H2,1,3-9H3,(H,30,33)(H,31,35). The number of nitrogens with one attached hydrogen (secondary N) is 2. The van der Waals surface area contributed by atoms with Crippen molar-refractivity contribution >= 4 is 17.9 Å². The zero-order valence-electron chi connectivity index (χ0n) is 23.6. The minimum Gasteiger partial charge on any atom is -0.444 e. The third kappa shape index (κ3) is 9.32. The lowest BCUT2D eigenvalue weighted by atomic mass is 9.93. The number of hydrogen-bond acceptors (Lipinski definition) is 4. The Bertz CT molecular complexity index is 891. The van der Waals surface area contributed by atoms with Gasteiger partial charge in [-0.15, -0.1) is 6.58 Å². The number of unbranched alkanes of at least 4 members (excludes halogenated alkanes) is 2. The predicted molar refractivity (Wildman–Crippen MR) is 146 cm³/mol. The predicted octanol–water partition coefficient (Wildman–Crippen LogP) is 5.60. The molecule has 2 N–H and O–H groups in total. The van der Waals surface area contributed by atoms with Crippen LogP contribution in [0.5, 0.6) is 0 Å². The van der Waals surface area contributed by atoms with E-state index in [9.17, 15) is 14.4 Å². The molecule has 0 aliphatic carbocycles. The van der Waals surface area contributed by atoms with Gasteiger partial charge in [0.15, 0.2) is 0 Å². The Morgan fingerprint density at radius 2 is 1.81 bits per heavy atom. The van der Waals surface area contributed by atoms with E-state index in [1.807, 2.05) is 45.9 Å². The van der Waals surface area contributed by atoms with Crippen LogP contribution < -0.4 is 10.6 Å². The lowest BCUT2D eigenvalue weighted by Crippen LogP contribution is -2.55. The van der Waals surface area contributed by atoms with E-state index in [-0.39, 0.29) is 24.3 Å². The Kier molecular flexibility index (Phi) is 12.7. The van der Waals surface area contributed by atoms with E-state index < -0.39 is 23.8 Å².